The van der Waals surface area contributed by atoms with E-state index in [4.69, 9.17) is 9.47 Å². The highest BCUT2D eigenvalue weighted by Crippen LogP contribution is 2.39. The molecule has 2 rings (SSSR count). The molecule has 2 atom stereocenters. The van der Waals surface area contributed by atoms with Crippen molar-refractivity contribution in [2.24, 2.45) is 0 Å². The molecule has 0 saturated carbocycles. The summed E-state index contributed by atoms with van der Waals surface area (Å²) in [6.07, 6.45) is 21.8. The van der Waals surface area contributed by atoms with Crippen LogP contribution in [-0.2, 0) is 9.47 Å². The minimum atomic E-state index is -1.65. The summed E-state index contributed by atoms with van der Waals surface area (Å²) in [6, 6.07) is -0.448. The number of nitrogens with zero attached hydrogens (tertiary/aromatic N) is 3. The highest BCUT2D eigenvalue weighted by atomic mass is 16.8. The SMILES string of the molecule is CCCCCCCCCCCCCCCC[N+](C)(C)CC1COC2(C=CC([N+](=O)[O-])=C[C-]2[N+](=O)[O-])O1. The Morgan fingerprint density at radius 1 is 0.944 bits per heavy atom. The third-order valence-corrected chi connectivity index (χ3v) is 7.16. The van der Waals surface area contributed by atoms with Crippen LogP contribution in [0.4, 0.5) is 0 Å². The van der Waals surface area contributed by atoms with Crippen molar-refractivity contribution in [1.82, 2.24) is 0 Å². The standard InChI is InChI=1S/C27H47N3O6/c1-4-5-6-7-8-9-10-11-12-13-14-15-16-17-20-30(2,3)22-25-23-35-27(36-25)19-18-24(28(31)32)21-26(27)29(33)34/h18-19,21,25H,4-17,20,22-23H2,1-3H3. The second-order valence-electron chi connectivity index (χ2n) is 11.0. The molecule has 0 N–H and O–H groups in total. The molecule has 2 aliphatic rings. The van der Waals surface area contributed by atoms with E-state index in [9.17, 15) is 20.2 Å². The average Bonchev–Trinajstić information content (AvgIpc) is 3.20. The van der Waals surface area contributed by atoms with Crippen LogP contribution in [0.1, 0.15) is 96.8 Å². The molecule has 1 aliphatic carbocycles. The van der Waals surface area contributed by atoms with E-state index < -0.39 is 21.7 Å². The number of quaternary nitrogens is 1. The lowest BCUT2D eigenvalue weighted by molar-refractivity contribution is -0.893. The second kappa shape index (κ2) is 15.3. The van der Waals surface area contributed by atoms with Crippen LogP contribution in [0.3, 0.4) is 0 Å². The number of likely N-dealkylation sites (N-methyl/N-ethyl adjacent to an activating group) is 1. The van der Waals surface area contributed by atoms with Gasteiger partial charge in [0.2, 0.25) is 5.79 Å². The summed E-state index contributed by atoms with van der Waals surface area (Å²) in [4.78, 5) is 21.2. The lowest BCUT2D eigenvalue weighted by Crippen LogP contribution is -2.48. The van der Waals surface area contributed by atoms with Crippen LogP contribution in [0.25, 0.3) is 0 Å². The summed E-state index contributed by atoms with van der Waals surface area (Å²) in [7, 11) is 4.27. The zero-order chi connectivity index (χ0) is 26.4. The maximum atomic E-state index is 11.5. The van der Waals surface area contributed by atoms with Crippen LogP contribution in [0.5, 0.6) is 0 Å². The molecule has 9 heteroatoms. The number of unbranched alkanes of at least 4 members (excludes halogenated alkanes) is 13. The van der Waals surface area contributed by atoms with E-state index in [1.54, 1.807) is 0 Å². The van der Waals surface area contributed by atoms with E-state index in [1.165, 1.54) is 95.6 Å². The number of nitro groups is 2. The third-order valence-electron chi connectivity index (χ3n) is 7.16. The molecule has 1 fully saturated rings. The fourth-order valence-corrected chi connectivity index (χ4v) is 5.08. The van der Waals surface area contributed by atoms with E-state index in [0.29, 0.717) is 6.54 Å². The van der Waals surface area contributed by atoms with E-state index in [1.807, 2.05) is 0 Å². The summed E-state index contributed by atoms with van der Waals surface area (Å²) >= 11 is 0. The number of hydrogen-bond acceptors (Lipinski definition) is 6. The number of hydrogen-bond donors (Lipinski definition) is 0. The molecule has 9 nitrogen and oxygen atoms in total. The molecule has 206 valence electrons. The topological polar surface area (TPSA) is 105 Å². The Morgan fingerprint density at radius 2 is 1.47 bits per heavy atom. The van der Waals surface area contributed by atoms with Gasteiger partial charge in [-0.3, -0.25) is 20.2 Å². The minimum absolute atomic E-state index is 0.212. The molecule has 1 heterocycles. The van der Waals surface area contributed by atoms with Crippen molar-refractivity contribution in [3.8, 4) is 0 Å². The van der Waals surface area contributed by atoms with Gasteiger partial charge >= 0.3 is 0 Å². The molecule has 1 spiro atoms. The first kappa shape index (κ1) is 30.3. The van der Waals surface area contributed by atoms with Gasteiger partial charge in [-0.2, -0.15) is 0 Å². The largest absolute Gasteiger partial charge is 0.349 e. The maximum absolute atomic E-state index is 11.5. The van der Waals surface area contributed by atoms with Gasteiger partial charge in [-0.1, -0.05) is 96.1 Å². The highest BCUT2D eigenvalue weighted by molar-refractivity contribution is 5.33. The molecule has 0 bridgehead atoms. The van der Waals surface area contributed by atoms with Crippen LogP contribution in [0.2, 0.25) is 0 Å². The zero-order valence-corrected chi connectivity index (χ0v) is 22.6. The van der Waals surface area contributed by atoms with Gasteiger partial charge in [0.1, 0.15) is 18.3 Å². The molecule has 0 amide bonds. The number of rotatable bonds is 19. The Morgan fingerprint density at radius 3 is 1.97 bits per heavy atom. The first-order valence-electron chi connectivity index (χ1n) is 13.9. The molecule has 1 aliphatic heterocycles. The lowest BCUT2D eigenvalue weighted by Gasteiger charge is -2.35. The van der Waals surface area contributed by atoms with Gasteiger partial charge < -0.3 is 14.0 Å². The lowest BCUT2D eigenvalue weighted by atomic mass is 10.0. The Balaban J connectivity index is 1.59. The quantitative estimate of drug-likeness (QED) is 0.0675. The fourth-order valence-electron chi connectivity index (χ4n) is 5.08. The molecule has 0 radical (unpaired) electrons. The molecule has 2 unspecified atom stereocenters. The average molecular weight is 510 g/mol. The van der Waals surface area contributed by atoms with E-state index >= 15 is 0 Å². The Kier molecular flexibility index (Phi) is 12.9. The fraction of sp³-hybridized carbons (Fsp3) is 0.815. The van der Waals surface area contributed by atoms with Gasteiger partial charge in [-0.25, -0.2) is 0 Å². The van der Waals surface area contributed by atoms with Crippen molar-refractivity contribution < 1.29 is 23.8 Å². The van der Waals surface area contributed by atoms with Crippen LogP contribution < -0.4 is 0 Å². The monoisotopic (exact) mass is 509 g/mol. The van der Waals surface area contributed by atoms with Crippen LogP contribution in [0, 0.1) is 26.3 Å². The van der Waals surface area contributed by atoms with E-state index in [2.05, 4.69) is 21.0 Å². The molecule has 0 aromatic rings. The first-order valence-corrected chi connectivity index (χ1v) is 13.9. The molecule has 36 heavy (non-hydrogen) atoms. The van der Waals surface area contributed by atoms with Gasteiger partial charge in [0.05, 0.1) is 27.2 Å². The van der Waals surface area contributed by atoms with Gasteiger partial charge in [0.15, 0.2) is 6.04 Å². The number of ether oxygens (including phenoxy) is 2. The van der Waals surface area contributed by atoms with Crippen molar-refractivity contribution in [1.29, 1.82) is 0 Å². The summed E-state index contributed by atoms with van der Waals surface area (Å²) in [6.45, 7) is 4.13. The predicted octanol–water partition coefficient (Wildman–Crippen LogP) is 6.19. The van der Waals surface area contributed by atoms with Crippen molar-refractivity contribution in [2.45, 2.75) is 109 Å². The van der Waals surface area contributed by atoms with Crippen molar-refractivity contribution >= 4 is 0 Å². The normalized spacial score (nSPS) is 21.8. The van der Waals surface area contributed by atoms with Gasteiger partial charge in [0.25, 0.3) is 0 Å². The third kappa shape index (κ3) is 10.2. The van der Waals surface area contributed by atoms with Gasteiger partial charge in [-0.05, 0) is 28.8 Å². The summed E-state index contributed by atoms with van der Waals surface area (Å²) < 4.78 is 12.4. The van der Waals surface area contributed by atoms with E-state index in [0.717, 1.165) is 23.5 Å². The summed E-state index contributed by atoms with van der Waals surface area (Å²) in [5, 5.41) is 22.6. The molecular weight excluding hydrogens is 462 g/mol. The summed E-state index contributed by atoms with van der Waals surface area (Å²) in [5.41, 5.74) is -0.350. The smallest absolute Gasteiger partial charge is 0.209 e. The van der Waals surface area contributed by atoms with E-state index in [-0.39, 0.29) is 18.4 Å². The van der Waals surface area contributed by atoms with Gasteiger partial charge in [-0.15, -0.1) is 0 Å². The van der Waals surface area contributed by atoms with Crippen LogP contribution in [0.15, 0.2) is 23.9 Å². The molecule has 0 aromatic carbocycles. The Labute approximate surface area is 216 Å². The van der Waals surface area contributed by atoms with Crippen molar-refractivity contribution in [3.63, 3.8) is 0 Å². The Bertz CT molecular complexity index is 754. The van der Waals surface area contributed by atoms with Crippen LogP contribution >= 0.6 is 0 Å². The second-order valence-corrected chi connectivity index (χ2v) is 11.0. The maximum Gasteiger partial charge on any atom is 0.209 e. The van der Waals surface area contributed by atoms with Crippen LogP contribution in [-0.4, -0.2) is 60.0 Å². The number of allylic oxidation sites excluding steroid dienone is 1. The highest BCUT2D eigenvalue weighted by Gasteiger charge is 2.50. The van der Waals surface area contributed by atoms with Crippen molar-refractivity contribution in [2.75, 3.05) is 33.8 Å². The minimum Gasteiger partial charge on any atom is -0.349 e. The predicted molar refractivity (Wildman–Crippen MR) is 140 cm³/mol. The summed E-state index contributed by atoms with van der Waals surface area (Å²) in [5.74, 6) is -1.65. The Hall–Kier alpha value is -1.97. The molecular formula is C27H47N3O6. The van der Waals surface area contributed by atoms with Crippen molar-refractivity contribution in [3.05, 3.63) is 50.2 Å². The van der Waals surface area contributed by atoms with Gasteiger partial charge in [0, 0.05) is 0 Å². The molecule has 0 aromatic heterocycles. The zero-order valence-electron chi connectivity index (χ0n) is 22.6. The first-order chi connectivity index (χ1) is 17.2. The molecule has 1 saturated heterocycles.